The topological polar surface area (TPSA) is 142 Å². The SMILES string of the molecule is CCOC(=O)c1sc(NC(=O)C(C)Sc2nnc(CNC(=O)Cc3ccccc3)n2C2CCCCC2)c(C(=O)OCC)c1C. The van der Waals surface area contributed by atoms with Crippen LogP contribution in [0.25, 0.3) is 0 Å². The highest BCUT2D eigenvalue weighted by Crippen LogP contribution is 2.37. The van der Waals surface area contributed by atoms with Crippen LogP contribution >= 0.6 is 23.1 Å². The molecule has 2 aromatic heterocycles. The quantitative estimate of drug-likeness (QED) is 0.183. The van der Waals surface area contributed by atoms with E-state index in [1.165, 1.54) is 18.2 Å². The lowest BCUT2D eigenvalue weighted by molar-refractivity contribution is -0.120. The van der Waals surface area contributed by atoms with Gasteiger partial charge in [0.25, 0.3) is 0 Å². The first-order valence-electron chi connectivity index (χ1n) is 14.9. The summed E-state index contributed by atoms with van der Waals surface area (Å²) in [6, 6.07) is 9.71. The van der Waals surface area contributed by atoms with Gasteiger partial charge in [-0.3, -0.25) is 9.59 Å². The third-order valence-electron chi connectivity index (χ3n) is 7.30. The molecule has 2 N–H and O–H groups in total. The fraction of sp³-hybridized carbons (Fsp3) is 0.484. The Morgan fingerprint density at radius 3 is 2.39 bits per heavy atom. The van der Waals surface area contributed by atoms with Gasteiger partial charge >= 0.3 is 11.9 Å². The Balaban J connectivity index is 1.51. The monoisotopic (exact) mass is 641 g/mol. The fourth-order valence-corrected chi connectivity index (χ4v) is 7.13. The number of nitrogens with one attached hydrogen (secondary N) is 2. The maximum absolute atomic E-state index is 13.4. The number of carbonyl (C=O) groups excluding carboxylic acids is 4. The highest BCUT2D eigenvalue weighted by atomic mass is 32.2. The molecule has 0 bridgehead atoms. The van der Waals surface area contributed by atoms with Crippen LogP contribution in [0.15, 0.2) is 35.5 Å². The minimum Gasteiger partial charge on any atom is -0.462 e. The van der Waals surface area contributed by atoms with Crippen LogP contribution in [-0.2, 0) is 32.0 Å². The van der Waals surface area contributed by atoms with Gasteiger partial charge < -0.3 is 24.7 Å². The van der Waals surface area contributed by atoms with Crippen molar-refractivity contribution in [3.05, 3.63) is 57.7 Å². The molecule has 0 saturated heterocycles. The second-order valence-corrected chi connectivity index (χ2v) is 12.8. The molecule has 4 rings (SSSR count). The summed E-state index contributed by atoms with van der Waals surface area (Å²) in [5, 5.41) is 14.8. The molecule has 1 aliphatic rings. The summed E-state index contributed by atoms with van der Waals surface area (Å²) >= 11 is 2.25. The molecule has 1 aliphatic carbocycles. The van der Waals surface area contributed by atoms with Crippen molar-refractivity contribution in [3.8, 4) is 0 Å². The summed E-state index contributed by atoms with van der Waals surface area (Å²) < 4.78 is 12.4. The first kappa shape index (κ1) is 33.2. The standard InChI is InChI=1S/C31H39N5O6S2/c1-5-41-29(39)25-19(3)26(30(40)42-6-2)44-28(25)33-27(38)20(4)43-31-35-34-23(36(31)22-15-11-8-12-16-22)18-32-24(37)17-21-13-9-7-10-14-21/h7,9-10,13-14,20,22H,5-6,8,11-12,15-18H2,1-4H3,(H,32,37)(H,33,38). The number of ether oxygens (including phenoxy) is 2. The number of anilines is 1. The van der Waals surface area contributed by atoms with E-state index in [-0.39, 0.29) is 59.5 Å². The molecule has 44 heavy (non-hydrogen) atoms. The van der Waals surface area contributed by atoms with Gasteiger partial charge in [0.1, 0.15) is 9.88 Å². The molecule has 1 unspecified atom stereocenters. The van der Waals surface area contributed by atoms with Crippen LogP contribution in [0.1, 0.15) is 95.9 Å². The average molecular weight is 642 g/mol. The summed E-state index contributed by atoms with van der Waals surface area (Å²) in [5.74, 6) is -1.02. The van der Waals surface area contributed by atoms with Gasteiger partial charge in [-0.15, -0.1) is 21.5 Å². The maximum atomic E-state index is 13.4. The van der Waals surface area contributed by atoms with E-state index >= 15 is 0 Å². The molecular weight excluding hydrogens is 603 g/mol. The van der Waals surface area contributed by atoms with Crippen molar-refractivity contribution in [2.24, 2.45) is 0 Å². The zero-order chi connectivity index (χ0) is 31.6. The Hall–Kier alpha value is -3.71. The molecule has 236 valence electrons. The number of nitrogens with zero attached hydrogens (tertiary/aromatic N) is 3. The van der Waals surface area contributed by atoms with Crippen LogP contribution in [-0.4, -0.2) is 57.0 Å². The van der Waals surface area contributed by atoms with Crippen LogP contribution < -0.4 is 10.6 Å². The van der Waals surface area contributed by atoms with Crippen LogP contribution in [0.3, 0.4) is 0 Å². The van der Waals surface area contributed by atoms with Crippen LogP contribution in [0.2, 0.25) is 0 Å². The molecule has 0 aliphatic heterocycles. The zero-order valence-electron chi connectivity index (χ0n) is 25.5. The summed E-state index contributed by atoms with van der Waals surface area (Å²) in [7, 11) is 0. The smallest absolute Gasteiger partial charge is 0.348 e. The van der Waals surface area contributed by atoms with Gasteiger partial charge in [0, 0.05) is 6.04 Å². The first-order valence-corrected chi connectivity index (χ1v) is 16.6. The highest BCUT2D eigenvalue weighted by molar-refractivity contribution is 8.00. The normalized spacial score (nSPS) is 14.1. The van der Waals surface area contributed by atoms with Gasteiger partial charge in [-0.1, -0.05) is 61.4 Å². The summed E-state index contributed by atoms with van der Waals surface area (Å²) in [6.07, 6.45) is 5.53. The second kappa shape index (κ2) is 15.8. The van der Waals surface area contributed by atoms with E-state index in [9.17, 15) is 19.2 Å². The zero-order valence-corrected chi connectivity index (χ0v) is 27.1. The van der Waals surface area contributed by atoms with E-state index in [4.69, 9.17) is 9.47 Å². The highest BCUT2D eigenvalue weighted by Gasteiger charge is 2.30. The van der Waals surface area contributed by atoms with Crippen molar-refractivity contribution >= 4 is 51.9 Å². The van der Waals surface area contributed by atoms with E-state index < -0.39 is 17.2 Å². The van der Waals surface area contributed by atoms with Crippen molar-refractivity contribution in [2.45, 2.75) is 89.2 Å². The van der Waals surface area contributed by atoms with Crippen LogP contribution in [0.4, 0.5) is 5.00 Å². The van der Waals surface area contributed by atoms with Gasteiger partial charge in [0.05, 0.1) is 37.0 Å². The van der Waals surface area contributed by atoms with E-state index in [1.807, 2.05) is 30.3 Å². The van der Waals surface area contributed by atoms with Gasteiger partial charge in [-0.2, -0.15) is 0 Å². The van der Waals surface area contributed by atoms with Gasteiger partial charge in [-0.25, -0.2) is 9.59 Å². The third-order valence-corrected chi connectivity index (χ3v) is 9.55. The Morgan fingerprint density at radius 2 is 1.70 bits per heavy atom. The number of hydrogen-bond acceptors (Lipinski definition) is 10. The molecule has 2 amide bonds. The van der Waals surface area contributed by atoms with Crippen molar-refractivity contribution < 1.29 is 28.7 Å². The average Bonchev–Trinajstić information content (AvgIpc) is 3.57. The molecule has 1 atom stereocenters. The Labute approximate surface area is 265 Å². The molecule has 1 saturated carbocycles. The number of thiophene rings is 1. The number of amides is 2. The number of aromatic nitrogens is 3. The number of thioether (sulfide) groups is 1. The minimum absolute atomic E-state index is 0.109. The van der Waals surface area contributed by atoms with Crippen LogP contribution in [0, 0.1) is 6.92 Å². The molecule has 1 fully saturated rings. The van der Waals surface area contributed by atoms with E-state index in [0.717, 1.165) is 42.6 Å². The van der Waals surface area contributed by atoms with Gasteiger partial charge in [0.2, 0.25) is 11.8 Å². The van der Waals surface area contributed by atoms with E-state index in [1.54, 1.807) is 27.7 Å². The van der Waals surface area contributed by atoms with Gasteiger partial charge in [0.15, 0.2) is 11.0 Å². The maximum Gasteiger partial charge on any atom is 0.348 e. The summed E-state index contributed by atoms with van der Waals surface area (Å²) in [6.45, 7) is 7.33. The van der Waals surface area contributed by atoms with Gasteiger partial charge in [-0.05, 0) is 51.7 Å². The van der Waals surface area contributed by atoms with Crippen molar-refractivity contribution in [1.29, 1.82) is 0 Å². The lowest BCUT2D eigenvalue weighted by Crippen LogP contribution is -2.28. The lowest BCUT2D eigenvalue weighted by Gasteiger charge is -2.26. The summed E-state index contributed by atoms with van der Waals surface area (Å²) in [5.41, 5.74) is 1.47. The Morgan fingerprint density at radius 1 is 1.02 bits per heavy atom. The number of hydrogen-bond donors (Lipinski definition) is 2. The molecule has 0 radical (unpaired) electrons. The molecule has 3 aromatic rings. The van der Waals surface area contributed by atoms with E-state index in [0.29, 0.717) is 16.5 Å². The molecule has 2 heterocycles. The lowest BCUT2D eigenvalue weighted by atomic mass is 9.95. The third kappa shape index (κ3) is 8.26. The molecular formula is C31H39N5O6S2. The van der Waals surface area contributed by atoms with Crippen LogP contribution in [0.5, 0.6) is 0 Å². The summed E-state index contributed by atoms with van der Waals surface area (Å²) in [4.78, 5) is 51.6. The molecule has 0 spiro atoms. The number of carbonyl (C=O) groups is 4. The van der Waals surface area contributed by atoms with E-state index in [2.05, 4.69) is 25.4 Å². The predicted octanol–water partition coefficient (Wildman–Crippen LogP) is 5.48. The number of benzene rings is 1. The van der Waals surface area contributed by atoms with Crippen molar-refractivity contribution in [1.82, 2.24) is 20.1 Å². The predicted molar refractivity (Wildman–Crippen MR) is 169 cm³/mol. The largest absolute Gasteiger partial charge is 0.462 e. The molecule has 11 nitrogen and oxygen atoms in total. The Kier molecular flexibility index (Phi) is 12.0. The first-order chi connectivity index (χ1) is 21.2. The Bertz CT molecular complexity index is 1470. The minimum atomic E-state index is -0.622. The van der Waals surface area contributed by atoms with Crippen molar-refractivity contribution in [3.63, 3.8) is 0 Å². The number of rotatable bonds is 13. The van der Waals surface area contributed by atoms with Crippen molar-refractivity contribution in [2.75, 3.05) is 18.5 Å². The molecule has 1 aromatic carbocycles. The molecule has 13 heteroatoms. The second-order valence-electron chi connectivity index (χ2n) is 10.5. The number of esters is 2. The fourth-order valence-electron chi connectivity index (χ4n) is 5.10.